The molecule has 2 atom stereocenters. The summed E-state index contributed by atoms with van der Waals surface area (Å²) >= 11 is 1.77. The van der Waals surface area contributed by atoms with E-state index in [-0.39, 0.29) is 0 Å². The third-order valence-corrected chi connectivity index (χ3v) is 5.30. The Kier molecular flexibility index (Phi) is 3.85. The summed E-state index contributed by atoms with van der Waals surface area (Å²) in [5, 5.41) is 5.87. The van der Waals surface area contributed by atoms with Gasteiger partial charge in [-0.3, -0.25) is 4.98 Å². The first-order valence-corrected chi connectivity index (χ1v) is 8.21. The Morgan fingerprint density at radius 2 is 2.11 bits per heavy atom. The van der Waals surface area contributed by atoms with Crippen LogP contribution in [-0.2, 0) is 0 Å². The normalized spacial score (nSPS) is 19.9. The van der Waals surface area contributed by atoms with Crippen LogP contribution in [0.3, 0.4) is 0 Å². The van der Waals surface area contributed by atoms with Gasteiger partial charge in [-0.15, -0.1) is 11.3 Å². The number of hydrogen-bond acceptors (Lipinski definition) is 3. The minimum absolute atomic E-state index is 0.384. The van der Waals surface area contributed by atoms with Crippen LogP contribution in [0.25, 0.3) is 10.2 Å². The molecule has 2 nitrogen and oxygen atoms in total. The Labute approximate surface area is 119 Å². The van der Waals surface area contributed by atoms with Crippen molar-refractivity contribution < 1.29 is 0 Å². The number of aromatic nitrogens is 1. The molecule has 2 aromatic rings. The van der Waals surface area contributed by atoms with Crippen molar-refractivity contribution in [3.05, 3.63) is 29.3 Å². The van der Waals surface area contributed by atoms with Crippen molar-refractivity contribution in [2.75, 3.05) is 0 Å². The zero-order chi connectivity index (χ0) is 13.2. The van der Waals surface area contributed by atoms with Crippen LogP contribution in [0.4, 0.5) is 0 Å². The van der Waals surface area contributed by atoms with Gasteiger partial charge in [0, 0.05) is 18.3 Å². The average Bonchev–Trinajstić information content (AvgIpc) is 3.09. The summed E-state index contributed by atoms with van der Waals surface area (Å²) < 4.78 is 1.29. The summed E-state index contributed by atoms with van der Waals surface area (Å²) in [6.07, 6.45) is 7.63. The molecule has 102 valence electrons. The van der Waals surface area contributed by atoms with E-state index in [1.165, 1.54) is 35.9 Å². The van der Waals surface area contributed by atoms with Crippen LogP contribution in [-0.4, -0.2) is 11.0 Å². The number of hydrogen-bond donors (Lipinski definition) is 1. The van der Waals surface area contributed by atoms with E-state index in [0.717, 1.165) is 11.4 Å². The van der Waals surface area contributed by atoms with Crippen LogP contribution in [0.15, 0.2) is 23.7 Å². The fourth-order valence-electron chi connectivity index (χ4n) is 3.18. The molecule has 1 N–H and O–H groups in total. The Morgan fingerprint density at radius 1 is 1.32 bits per heavy atom. The van der Waals surface area contributed by atoms with Gasteiger partial charge in [-0.2, -0.15) is 0 Å². The molecule has 2 aromatic heterocycles. The first-order valence-electron chi connectivity index (χ1n) is 7.33. The first kappa shape index (κ1) is 13.1. The maximum absolute atomic E-state index is 4.54. The Bertz CT molecular complexity index is 542. The van der Waals surface area contributed by atoms with E-state index < -0.39 is 0 Å². The third-order valence-electron chi connectivity index (χ3n) is 4.44. The molecular formula is C16H22N2S. The van der Waals surface area contributed by atoms with Crippen molar-refractivity contribution in [3.63, 3.8) is 0 Å². The fraction of sp³-hybridized carbons (Fsp3) is 0.562. The van der Waals surface area contributed by atoms with Gasteiger partial charge in [-0.1, -0.05) is 12.8 Å². The molecule has 1 aliphatic rings. The summed E-state index contributed by atoms with van der Waals surface area (Å²) in [5.74, 6) is 0.862. The maximum Gasteiger partial charge on any atom is 0.0809 e. The standard InChI is InChI=1S/C16H22N2S/c1-11(13-5-3-4-6-13)18-12(2)14-9-16-15(17-10-14)7-8-19-16/h7-13,18H,3-6H2,1-2H3/t11-,12?/m0/s1. The lowest BCUT2D eigenvalue weighted by Crippen LogP contribution is -2.34. The van der Waals surface area contributed by atoms with Gasteiger partial charge in [0.15, 0.2) is 0 Å². The molecule has 3 rings (SSSR count). The van der Waals surface area contributed by atoms with Gasteiger partial charge < -0.3 is 5.32 Å². The van der Waals surface area contributed by atoms with Crippen molar-refractivity contribution in [2.24, 2.45) is 5.92 Å². The SMILES string of the molecule is CC(N[C@@H](C)C1CCCC1)c1cnc2ccsc2c1. The van der Waals surface area contributed by atoms with Crippen LogP contribution in [0.1, 0.15) is 51.1 Å². The van der Waals surface area contributed by atoms with E-state index in [1.54, 1.807) is 11.3 Å². The lowest BCUT2D eigenvalue weighted by Gasteiger charge is -2.25. The smallest absolute Gasteiger partial charge is 0.0809 e. The van der Waals surface area contributed by atoms with E-state index in [4.69, 9.17) is 0 Å². The van der Waals surface area contributed by atoms with Crippen LogP contribution >= 0.6 is 11.3 Å². The molecule has 19 heavy (non-hydrogen) atoms. The Morgan fingerprint density at radius 3 is 2.89 bits per heavy atom. The van der Waals surface area contributed by atoms with Gasteiger partial charge in [0.1, 0.15) is 0 Å². The molecule has 1 aliphatic carbocycles. The minimum atomic E-state index is 0.384. The highest BCUT2D eigenvalue weighted by atomic mass is 32.1. The molecule has 1 fully saturated rings. The van der Waals surface area contributed by atoms with E-state index >= 15 is 0 Å². The largest absolute Gasteiger partial charge is 0.307 e. The molecule has 1 saturated carbocycles. The fourth-order valence-corrected chi connectivity index (χ4v) is 3.97. The topological polar surface area (TPSA) is 24.9 Å². The highest BCUT2D eigenvalue weighted by molar-refractivity contribution is 7.17. The second kappa shape index (κ2) is 5.59. The molecule has 0 radical (unpaired) electrons. The molecule has 2 heterocycles. The van der Waals surface area contributed by atoms with E-state index in [9.17, 15) is 0 Å². The molecule has 0 bridgehead atoms. The van der Waals surface area contributed by atoms with Crippen LogP contribution < -0.4 is 5.32 Å². The lowest BCUT2D eigenvalue weighted by molar-refractivity contribution is 0.352. The Balaban J connectivity index is 1.69. The number of fused-ring (bicyclic) bond motifs is 1. The summed E-state index contributed by atoms with van der Waals surface area (Å²) in [6, 6.07) is 5.36. The van der Waals surface area contributed by atoms with Gasteiger partial charge in [0.25, 0.3) is 0 Å². The molecule has 0 saturated heterocycles. The summed E-state index contributed by atoms with van der Waals surface area (Å²) in [7, 11) is 0. The molecule has 3 heteroatoms. The van der Waals surface area contributed by atoms with Gasteiger partial charge in [0.2, 0.25) is 0 Å². The first-order chi connectivity index (χ1) is 9.24. The predicted molar refractivity (Wildman–Crippen MR) is 82.6 cm³/mol. The van der Waals surface area contributed by atoms with Crippen molar-refractivity contribution in [2.45, 2.75) is 51.6 Å². The predicted octanol–water partition coefficient (Wildman–Crippen LogP) is 4.53. The van der Waals surface area contributed by atoms with Crippen molar-refractivity contribution in [1.29, 1.82) is 0 Å². The minimum Gasteiger partial charge on any atom is -0.307 e. The van der Waals surface area contributed by atoms with Gasteiger partial charge >= 0.3 is 0 Å². The number of nitrogens with one attached hydrogen (secondary N) is 1. The monoisotopic (exact) mass is 274 g/mol. The zero-order valence-electron chi connectivity index (χ0n) is 11.7. The van der Waals surface area contributed by atoms with E-state index in [2.05, 4.69) is 41.7 Å². The highest BCUT2D eigenvalue weighted by Gasteiger charge is 2.22. The highest BCUT2D eigenvalue weighted by Crippen LogP contribution is 2.29. The van der Waals surface area contributed by atoms with Gasteiger partial charge in [-0.25, -0.2) is 0 Å². The molecule has 1 unspecified atom stereocenters. The molecular weight excluding hydrogens is 252 g/mol. The number of thiophene rings is 1. The van der Waals surface area contributed by atoms with E-state index in [0.29, 0.717) is 12.1 Å². The average molecular weight is 274 g/mol. The summed E-state index contributed by atoms with van der Waals surface area (Å²) in [6.45, 7) is 4.59. The van der Waals surface area contributed by atoms with Crippen molar-refractivity contribution in [3.8, 4) is 0 Å². The zero-order valence-corrected chi connectivity index (χ0v) is 12.5. The van der Waals surface area contributed by atoms with Crippen molar-refractivity contribution >= 4 is 21.6 Å². The van der Waals surface area contributed by atoms with Crippen LogP contribution in [0.5, 0.6) is 0 Å². The van der Waals surface area contributed by atoms with Crippen molar-refractivity contribution in [1.82, 2.24) is 10.3 Å². The van der Waals surface area contributed by atoms with Gasteiger partial charge in [0.05, 0.1) is 10.2 Å². The van der Waals surface area contributed by atoms with Crippen LogP contribution in [0.2, 0.25) is 0 Å². The molecule has 0 amide bonds. The molecule has 0 spiro atoms. The number of rotatable bonds is 4. The molecule has 0 aliphatic heterocycles. The third kappa shape index (κ3) is 2.82. The number of pyridine rings is 1. The Hall–Kier alpha value is -0.930. The molecule has 0 aromatic carbocycles. The number of nitrogens with zero attached hydrogens (tertiary/aromatic N) is 1. The maximum atomic E-state index is 4.54. The summed E-state index contributed by atoms with van der Waals surface area (Å²) in [5.41, 5.74) is 2.42. The second-order valence-corrected chi connectivity index (χ2v) is 6.74. The second-order valence-electron chi connectivity index (χ2n) is 5.79. The van der Waals surface area contributed by atoms with Crippen LogP contribution in [0, 0.1) is 5.92 Å². The van der Waals surface area contributed by atoms with E-state index in [1.807, 2.05) is 6.20 Å². The summed E-state index contributed by atoms with van der Waals surface area (Å²) in [4.78, 5) is 4.54. The lowest BCUT2D eigenvalue weighted by atomic mass is 9.98. The quantitative estimate of drug-likeness (QED) is 0.886. The van der Waals surface area contributed by atoms with Gasteiger partial charge in [-0.05, 0) is 55.7 Å².